The predicted octanol–water partition coefficient (Wildman–Crippen LogP) is 3.69. The normalized spacial score (nSPS) is 17.8. The van der Waals surface area contributed by atoms with Gasteiger partial charge in [-0.2, -0.15) is 0 Å². The summed E-state index contributed by atoms with van der Waals surface area (Å²) in [6, 6.07) is 5.62. The van der Waals surface area contributed by atoms with Gasteiger partial charge >= 0.3 is 0 Å². The summed E-state index contributed by atoms with van der Waals surface area (Å²) < 4.78 is 27.9. The van der Waals surface area contributed by atoms with E-state index < -0.39 is 0 Å². The minimum atomic E-state index is -0.159. The first-order chi connectivity index (χ1) is 13.6. The summed E-state index contributed by atoms with van der Waals surface area (Å²) >= 11 is 6.25. The van der Waals surface area contributed by atoms with E-state index in [0.29, 0.717) is 28.0 Å². The molecule has 1 N–H and O–H groups in total. The summed E-state index contributed by atoms with van der Waals surface area (Å²) in [7, 11) is 6.91. The highest BCUT2D eigenvalue weighted by molar-refractivity contribution is 6.32. The Morgan fingerprint density at radius 2 is 1.86 bits per heavy atom. The first-order valence-corrected chi connectivity index (χ1v) is 9.32. The lowest BCUT2D eigenvalue weighted by atomic mass is 9.94. The Morgan fingerprint density at radius 1 is 1.07 bits per heavy atom. The minimum Gasteiger partial charge on any atom is -0.495 e. The molecule has 0 aromatic heterocycles. The maximum atomic E-state index is 6.25. The number of halogens is 1. The molecule has 7 nitrogen and oxygen atoms in total. The number of ether oxygens (including phenoxy) is 5. The van der Waals surface area contributed by atoms with Gasteiger partial charge in [0.05, 0.1) is 32.0 Å². The molecule has 28 heavy (non-hydrogen) atoms. The van der Waals surface area contributed by atoms with Crippen molar-refractivity contribution in [3.63, 3.8) is 0 Å². The standard InChI is InChI=1S/C20H23ClN2O5/c1-23-6-5-11-7-16-18(28-10-27-16)19(26-4)17(11)20(23)22-13-9-14(24-2)12(21)8-15(13)25-3/h7-9,20,22H,5-6,10H2,1-4H3. The zero-order valence-electron chi connectivity index (χ0n) is 16.3. The van der Waals surface area contributed by atoms with Gasteiger partial charge in [0, 0.05) is 24.2 Å². The lowest BCUT2D eigenvalue weighted by molar-refractivity contribution is 0.170. The third kappa shape index (κ3) is 3.04. The second-order valence-electron chi connectivity index (χ2n) is 6.68. The zero-order chi connectivity index (χ0) is 19.8. The molecule has 2 aliphatic heterocycles. The molecular formula is C20H23ClN2O5. The fraction of sp³-hybridized carbons (Fsp3) is 0.400. The van der Waals surface area contributed by atoms with Crippen molar-refractivity contribution >= 4 is 17.3 Å². The number of hydrogen-bond donors (Lipinski definition) is 1. The Morgan fingerprint density at radius 3 is 2.57 bits per heavy atom. The molecule has 1 atom stereocenters. The Bertz CT molecular complexity index is 905. The van der Waals surface area contributed by atoms with E-state index in [1.54, 1.807) is 27.4 Å². The van der Waals surface area contributed by atoms with Crippen molar-refractivity contribution in [1.29, 1.82) is 0 Å². The SMILES string of the molecule is COc1cc(NC2c3c(cc4c(c3OC)OCO4)CCN2C)c(OC)cc1Cl. The Hall–Kier alpha value is -2.51. The van der Waals surface area contributed by atoms with Gasteiger partial charge in [-0.1, -0.05) is 11.6 Å². The van der Waals surface area contributed by atoms with Crippen LogP contribution < -0.4 is 29.0 Å². The van der Waals surface area contributed by atoms with E-state index in [1.807, 2.05) is 12.1 Å². The topological polar surface area (TPSA) is 61.4 Å². The van der Waals surface area contributed by atoms with Crippen LogP contribution in [-0.4, -0.2) is 46.6 Å². The number of fused-ring (bicyclic) bond motifs is 2. The number of likely N-dealkylation sites (N-methyl/N-ethyl adjacent to an activating group) is 1. The molecule has 2 aromatic rings. The van der Waals surface area contributed by atoms with Gasteiger partial charge in [0.25, 0.3) is 0 Å². The lowest BCUT2D eigenvalue weighted by Gasteiger charge is -2.37. The van der Waals surface area contributed by atoms with Gasteiger partial charge in [-0.3, -0.25) is 4.90 Å². The van der Waals surface area contributed by atoms with Crippen molar-refractivity contribution in [3.05, 3.63) is 34.3 Å². The van der Waals surface area contributed by atoms with Crippen LogP contribution in [0, 0.1) is 0 Å². The molecular weight excluding hydrogens is 384 g/mol. The van der Waals surface area contributed by atoms with E-state index in [1.165, 1.54) is 0 Å². The maximum absolute atomic E-state index is 6.25. The average molecular weight is 407 g/mol. The summed E-state index contributed by atoms with van der Waals surface area (Å²) in [5.74, 6) is 3.26. The van der Waals surface area contributed by atoms with E-state index in [-0.39, 0.29) is 13.0 Å². The van der Waals surface area contributed by atoms with Crippen molar-refractivity contribution in [2.75, 3.05) is 47.0 Å². The van der Waals surface area contributed by atoms with Crippen LogP contribution in [0.5, 0.6) is 28.7 Å². The summed E-state index contributed by atoms with van der Waals surface area (Å²) in [6.07, 6.45) is 0.728. The molecule has 2 aliphatic rings. The van der Waals surface area contributed by atoms with Crippen LogP contribution in [0.1, 0.15) is 17.3 Å². The Kier molecular flexibility index (Phi) is 5.03. The van der Waals surface area contributed by atoms with Gasteiger partial charge in [0.2, 0.25) is 12.5 Å². The van der Waals surface area contributed by atoms with Gasteiger partial charge in [-0.25, -0.2) is 0 Å². The average Bonchev–Trinajstić information content (AvgIpc) is 3.17. The smallest absolute Gasteiger partial charge is 0.231 e. The quantitative estimate of drug-likeness (QED) is 0.812. The largest absolute Gasteiger partial charge is 0.495 e. The molecule has 150 valence electrons. The molecule has 0 bridgehead atoms. The highest BCUT2D eigenvalue weighted by Gasteiger charge is 2.34. The molecule has 0 saturated heterocycles. The van der Waals surface area contributed by atoms with Gasteiger partial charge in [0.1, 0.15) is 17.7 Å². The third-order valence-electron chi connectivity index (χ3n) is 5.16. The van der Waals surface area contributed by atoms with Crippen molar-refractivity contribution in [3.8, 4) is 28.7 Å². The van der Waals surface area contributed by atoms with E-state index in [0.717, 1.165) is 35.5 Å². The van der Waals surface area contributed by atoms with E-state index >= 15 is 0 Å². The molecule has 4 rings (SSSR count). The maximum Gasteiger partial charge on any atom is 0.231 e. The summed E-state index contributed by atoms with van der Waals surface area (Å²) in [6.45, 7) is 1.07. The van der Waals surface area contributed by atoms with Crippen molar-refractivity contribution in [2.24, 2.45) is 0 Å². The van der Waals surface area contributed by atoms with Crippen LogP contribution in [-0.2, 0) is 6.42 Å². The Balaban J connectivity index is 1.80. The third-order valence-corrected chi connectivity index (χ3v) is 5.46. The zero-order valence-corrected chi connectivity index (χ0v) is 17.1. The number of benzene rings is 2. The first kappa shape index (κ1) is 18.8. The van der Waals surface area contributed by atoms with Crippen LogP contribution in [0.15, 0.2) is 18.2 Å². The van der Waals surface area contributed by atoms with Crippen LogP contribution in [0.2, 0.25) is 5.02 Å². The number of rotatable bonds is 5. The molecule has 2 aromatic carbocycles. The van der Waals surface area contributed by atoms with Crippen LogP contribution in [0.25, 0.3) is 0 Å². The summed E-state index contributed by atoms with van der Waals surface area (Å²) in [4.78, 5) is 2.22. The van der Waals surface area contributed by atoms with Crippen LogP contribution in [0.3, 0.4) is 0 Å². The molecule has 0 amide bonds. The van der Waals surface area contributed by atoms with Crippen LogP contribution in [0.4, 0.5) is 5.69 Å². The highest BCUT2D eigenvalue weighted by Crippen LogP contribution is 2.50. The predicted molar refractivity (Wildman–Crippen MR) is 106 cm³/mol. The van der Waals surface area contributed by atoms with E-state index in [9.17, 15) is 0 Å². The monoisotopic (exact) mass is 406 g/mol. The van der Waals surface area contributed by atoms with Gasteiger partial charge < -0.3 is 29.0 Å². The van der Waals surface area contributed by atoms with Crippen molar-refractivity contribution < 1.29 is 23.7 Å². The number of hydrogen-bond acceptors (Lipinski definition) is 7. The number of nitrogens with zero attached hydrogens (tertiary/aromatic N) is 1. The van der Waals surface area contributed by atoms with Crippen molar-refractivity contribution in [1.82, 2.24) is 4.90 Å². The second kappa shape index (κ2) is 7.48. The Labute approximate surface area is 169 Å². The summed E-state index contributed by atoms with van der Waals surface area (Å²) in [5.41, 5.74) is 2.96. The number of methoxy groups -OCH3 is 3. The van der Waals surface area contributed by atoms with Gasteiger partial charge in [0.15, 0.2) is 11.5 Å². The van der Waals surface area contributed by atoms with Gasteiger partial charge in [-0.15, -0.1) is 0 Å². The molecule has 2 heterocycles. The van der Waals surface area contributed by atoms with Crippen LogP contribution >= 0.6 is 11.6 Å². The van der Waals surface area contributed by atoms with E-state index in [2.05, 4.69) is 17.3 Å². The fourth-order valence-corrected chi connectivity index (χ4v) is 3.97. The molecule has 0 radical (unpaired) electrons. The second-order valence-corrected chi connectivity index (χ2v) is 7.09. The lowest BCUT2D eigenvalue weighted by Crippen LogP contribution is -2.37. The van der Waals surface area contributed by atoms with E-state index in [4.69, 9.17) is 35.3 Å². The fourth-order valence-electron chi connectivity index (χ4n) is 3.74. The van der Waals surface area contributed by atoms with Gasteiger partial charge in [-0.05, 0) is 25.1 Å². The molecule has 8 heteroatoms. The molecule has 0 saturated carbocycles. The minimum absolute atomic E-state index is 0.159. The first-order valence-electron chi connectivity index (χ1n) is 8.95. The summed E-state index contributed by atoms with van der Waals surface area (Å²) in [5, 5.41) is 4.05. The molecule has 1 unspecified atom stereocenters. The number of anilines is 1. The van der Waals surface area contributed by atoms with Crippen molar-refractivity contribution in [2.45, 2.75) is 12.6 Å². The molecule has 0 aliphatic carbocycles. The molecule has 0 fully saturated rings. The number of nitrogens with one attached hydrogen (secondary N) is 1. The highest BCUT2D eigenvalue weighted by atomic mass is 35.5. The molecule has 0 spiro atoms.